The number of hydrogen-bond donors (Lipinski definition) is 1. The van der Waals surface area contributed by atoms with Crippen LogP contribution in [0.2, 0.25) is 0 Å². The molecule has 2 rings (SSSR count). The fraction of sp³-hybridized carbons (Fsp3) is 0.412. The Hall–Kier alpha value is -2.10. The number of anilines is 1. The smallest absolute Gasteiger partial charge is 0.133 e. The van der Waals surface area contributed by atoms with Crippen LogP contribution in [0.4, 0.5) is 5.82 Å². The van der Waals surface area contributed by atoms with Crippen molar-refractivity contribution in [3.63, 3.8) is 0 Å². The van der Waals surface area contributed by atoms with E-state index in [-0.39, 0.29) is 0 Å². The zero-order valence-electron chi connectivity index (χ0n) is 13.2. The maximum absolute atomic E-state index is 5.58. The van der Waals surface area contributed by atoms with Crippen LogP contribution in [0.1, 0.15) is 32.2 Å². The zero-order chi connectivity index (χ0) is 15.2. The molecule has 0 radical (unpaired) electrons. The van der Waals surface area contributed by atoms with Crippen LogP contribution in [0, 0.1) is 6.92 Å². The van der Waals surface area contributed by atoms with Gasteiger partial charge in [0.25, 0.3) is 0 Å². The van der Waals surface area contributed by atoms with Crippen molar-refractivity contribution in [1.82, 2.24) is 9.97 Å². The van der Waals surface area contributed by atoms with Crippen LogP contribution in [0.25, 0.3) is 11.3 Å². The van der Waals surface area contributed by atoms with E-state index in [0.29, 0.717) is 6.61 Å². The fourth-order valence-corrected chi connectivity index (χ4v) is 2.24. The van der Waals surface area contributed by atoms with Gasteiger partial charge in [-0.25, -0.2) is 9.97 Å². The third-order valence-corrected chi connectivity index (χ3v) is 3.27. The van der Waals surface area contributed by atoms with Crippen molar-refractivity contribution in [2.45, 2.75) is 34.1 Å². The molecule has 21 heavy (non-hydrogen) atoms. The Kier molecular flexibility index (Phi) is 5.14. The van der Waals surface area contributed by atoms with Crippen molar-refractivity contribution >= 4 is 5.82 Å². The van der Waals surface area contributed by atoms with Crippen LogP contribution in [-0.4, -0.2) is 23.1 Å². The molecule has 1 aromatic carbocycles. The fourth-order valence-electron chi connectivity index (χ4n) is 2.24. The first-order valence-electron chi connectivity index (χ1n) is 7.54. The first-order chi connectivity index (χ1) is 10.2. The standard InChI is InChI=1S/C17H23N3O/c1-5-15-19-16(12(4)17(20-15)18-6-2)13-9-8-10-14(11-13)21-7-3/h8-11H,5-7H2,1-4H3,(H,18,19,20). The molecule has 0 aliphatic carbocycles. The normalized spacial score (nSPS) is 10.5. The maximum Gasteiger partial charge on any atom is 0.133 e. The van der Waals surface area contributed by atoms with Crippen LogP contribution in [-0.2, 0) is 6.42 Å². The van der Waals surface area contributed by atoms with E-state index in [2.05, 4.69) is 37.1 Å². The molecule has 0 amide bonds. The van der Waals surface area contributed by atoms with E-state index in [4.69, 9.17) is 9.72 Å². The topological polar surface area (TPSA) is 47.0 Å². The molecule has 0 unspecified atom stereocenters. The molecule has 0 spiro atoms. The highest BCUT2D eigenvalue weighted by Gasteiger charge is 2.12. The summed E-state index contributed by atoms with van der Waals surface area (Å²) in [5, 5.41) is 3.32. The molecule has 0 saturated carbocycles. The van der Waals surface area contributed by atoms with Gasteiger partial charge in [-0.05, 0) is 32.9 Å². The van der Waals surface area contributed by atoms with Crippen LogP contribution in [0.15, 0.2) is 24.3 Å². The van der Waals surface area contributed by atoms with Crippen molar-refractivity contribution < 1.29 is 4.74 Å². The Morgan fingerprint density at radius 2 is 1.95 bits per heavy atom. The minimum absolute atomic E-state index is 0.662. The van der Waals surface area contributed by atoms with Gasteiger partial charge in [0, 0.05) is 24.1 Å². The minimum atomic E-state index is 0.662. The van der Waals surface area contributed by atoms with E-state index in [1.807, 2.05) is 25.1 Å². The van der Waals surface area contributed by atoms with Crippen molar-refractivity contribution in [2.24, 2.45) is 0 Å². The van der Waals surface area contributed by atoms with E-state index in [1.54, 1.807) is 0 Å². The van der Waals surface area contributed by atoms with Crippen molar-refractivity contribution in [3.05, 3.63) is 35.7 Å². The SMILES string of the molecule is CCNc1nc(CC)nc(-c2cccc(OCC)c2)c1C. The van der Waals surface area contributed by atoms with Gasteiger partial charge in [0.15, 0.2) is 0 Å². The summed E-state index contributed by atoms with van der Waals surface area (Å²) >= 11 is 0. The Morgan fingerprint density at radius 3 is 2.62 bits per heavy atom. The van der Waals surface area contributed by atoms with Gasteiger partial charge in [0.2, 0.25) is 0 Å². The van der Waals surface area contributed by atoms with Crippen LogP contribution >= 0.6 is 0 Å². The average molecular weight is 285 g/mol. The molecular weight excluding hydrogens is 262 g/mol. The Labute approximate surface area is 126 Å². The molecular formula is C17H23N3O. The zero-order valence-corrected chi connectivity index (χ0v) is 13.2. The van der Waals surface area contributed by atoms with Gasteiger partial charge < -0.3 is 10.1 Å². The first-order valence-corrected chi connectivity index (χ1v) is 7.54. The van der Waals surface area contributed by atoms with Gasteiger partial charge in [-0.2, -0.15) is 0 Å². The lowest BCUT2D eigenvalue weighted by molar-refractivity contribution is 0.340. The molecule has 2 aromatic rings. The van der Waals surface area contributed by atoms with Crippen molar-refractivity contribution in [2.75, 3.05) is 18.5 Å². The summed E-state index contributed by atoms with van der Waals surface area (Å²) in [7, 11) is 0. The van der Waals surface area contributed by atoms with Gasteiger partial charge in [0.1, 0.15) is 17.4 Å². The third-order valence-electron chi connectivity index (χ3n) is 3.27. The van der Waals surface area contributed by atoms with E-state index in [9.17, 15) is 0 Å². The summed E-state index contributed by atoms with van der Waals surface area (Å²) in [6.07, 6.45) is 0.816. The van der Waals surface area contributed by atoms with Gasteiger partial charge in [-0.3, -0.25) is 0 Å². The summed E-state index contributed by atoms with van der Waals surface area (Å²) in [6, 6.07) is 8.07. The largest absolute Gasteiger partial charge is 0.494 e. The highest BCUT2D eigenvalue weighted by atomic mass is 16.5. The Morgan fingerprint density at radius 1 is 1.14 bits per heavy atom. The molecule has 1 heterocycles. The summed E-state index contributed by atoms with van der Waals surface area (Å²) in [5.74, 6) is 2.64. The number of ether oxygens (including phenoxy) is 1. The molecule has 4 heteroatoms. The summed E-state index contributed by atoms with van der Waals surface area (Å²) in [4.78, 5) is 9.27. The molecule has 1 aromatic heterocycles. The van der Waals surface area contributed by atoms with E-state index in [0.717, 1.165) is 47.2 Å². The second-order valence-electron chi connectivity index (χ2n) is 4.81. The van der Waals surface area contributed by atoms with Gasteiger partial charge in [-0.1, -0.05) is 19.1 Å². The Balaban J connectivity index is 2.51. The van der Waals surface area contributed by atoms with Crippen molar-refractivity contribution in [3.8, 4) is 17.0 Å². The third kappa shape index (κ3) is 3.51. The van der Waals surface area contributed by atoms with Crippen LogP contribution in [0.5, 0.6) is 5.75 Å². The lowest BCUT2D eigenvalue weighted by Gasteiger charge is -2.13. The average Bonchev–Trinajstić information content (AvgIpc) is 2.50. The summed E-state index contributed by atoms with van der Waals surface area (Å²) in [5.41, 5.74) is 3.11. The summed E-state index contributed by atoms with van der Waals surface area (Å²) < 4.78 is 5.58. The monoisotopic (exact) mass is 285 g/mol. The molecule has 4 nitrogen and oxygen atoms in total. The number of benzene rings is 1. The molecule has 0 aliphatic rings. The predicted molar refractivity (Wildman–Crippen MR) is 86.9 cm³/mol. The van der Waals surface area contributed by atoms with Crippen molar-refractivity contribution in [1.29, 1.82) is 0 Å². The molecule has 1 N–H and O–H groups in total. The van der Waals surface area contributed by atoms with Gasteiger partial charge in [0.05, 0.1) is 12.3 Å². The first kappa shape index (κ1) is 15.3. The van der Waals surface area contributed by atoms with E-state index >= 15 is 0 Å². The number of nitrogens with zero attached hydrogens (tertiary/aromatic N) is 2. The van der Waals surface area contributed by atoms with E-state index in [1.165, 1.54) is 0 Å². The molecule has 0 bridgehead atoms. The molecule has 0 fully saturated rings. The lowest BCUT2D eigenvalue weighted by Crippen LogP contribution is -2.07. The molecule has 112 valence electrons. The number of aryl methyl sites for hydroxylation is 1. The van der Waals surface area contributed by atoms with E-state index < -0.39 is 0 Å². The number of hydrogen-bond acceptors (Lipinski definition) is 4. The lowest BCUT2D eigenvalue weighted by atomic mass is 10.1. The van der Waals surface area contributed by atoms with Gasteiger partial charge in [-0.15, -0.1) is 0 Å². The quantitative estimate of drug-likeness (QED) is 0.876. The molecule has 0 atom stereocenters. The highest BCUT2D eigenvalue weighted by molar-refractivity contribution is 5.69. The number of rotatable bonds is 6. The molecule has 0 aliphatic heterocycles. The second kappa shape index (κ2) is 7.07. The highest BCUT2D eigenvalue weighted by Crippen LogP contribution is 2.28. The predicted octanol–water partition coefficient (Wildman–Crippen LogP) is 3.84. The van der Waals surface area contributed by atoms with Crippen LogP contribution in [0.3, 0.4) is 0 Å². The number of aromatic nitrogens is 2. The number of nitrogens with one attached hydrogen (secondary N) is 1. The Bertz CT molecular complexity index is 611. The molecule has 0 saturated heterocycles. The maximum atomic E-state index is 5.58. The minimum Gasteiger partial charge on any atom is -0.494 e. The summed E-state index contributed by atoms with van der Waals surface area (Å²) in [6.45, 7) is 9.69. The van der Waals surface area contributed by atoms with Gasteiger partial charge >= 0.3 is 0 Å². The van der Waals surface area contributed by atoms with Crippen LogP contribution < -0.4 is 10.1 Å². The second-order valence-corrected chi connectivity index (χ2v) is 4.81.